The van der Waals surface area contributed by atoms with Crippen molar-refractivity contribution in [1.29, 1.82) is 0 Å². The van der Waals surface area contributed by atoms with Gasteiger partial charge in [-0.3, -0.25) is 0 Å². The van der Waals surface area contributed by atoms with Crippen LogP contribution in [0.25, 0.3) is 0 Å². The van der Waals surface area contributed by atoms with Crippen LogP contribution in [-0.4, -0.2) is 19.2 Å². The van der Waals surface area contributed by atoms with Crippen LogP contribution in [-0.2, 0) is 6.42 Å². The van der Waals surface area contributed by atoms with Gasteiger partial charge < -0.3 is 10.1 Å². The van der Waals surface area contributed by atoms with Crippen LogP contribution in [0.5, 0.6) is 5.75 Å². The number of aryl methyl sites for hydroxylation is 2. The molecule has 0 amide bonds. The molecule has 2 rings (SSSR count). The van der Waals surface area contributed by atoms with Gasteiger partial charge in [0.1, 0.15) is 12.4 Å². The summed E-state index contributed by atoms with van der Waals surface area (Å²) in [6.07, 6.45) is 2.28. The van der Waals surface area contributed by atoms with Crippen molar-refractivity contribution in [3.05, 3.63) is 65.7 Å². The van der Waals surface area contributed by atoms with E-state index in [9.17, 15) is 0 Å². The van der Waals surface area contributed by atoms with Crippen molar-refractivity contribution in [2.75, 3.05) is 13.2 Å². The fourth-order valence-electron chi connectivity index (χ4n) is 2.20. The standard InChI is InChI=1S/C19H25NO/c1-16-10-12-19(13-11-16)21-15-17(2)20-14-6-9-18-7-4-3-5-8-18/h3-5,7-8,10-13,17,20H,6,9,14-15H2,1-2H3. The van der Waals surface area contributed by atoms with Gasteiger partial charge in [0.05, 0.1) is 0 Å². The highest BCUT2D eigenvalue weighted by Crippen LogP contribution is 2.11. The third-order valence-electron chi connectivity index (χ3n) is 3.50. The second kappa shape index (κ2) is 8.48. The molecule has 0 spiro atoms. The Morgan fingerprint density at radius 1 is 1.00 bits per heavy atom. The van der Waals surface area contributed by atoms with Gasteiger partial charge in [-0.15, -0.1) is 0 Å². The second-order valence-electron chi connectivity index (χ2n) is 5.57. The average molecular weight is 283 g/mol. The molecule has 0 aliphatic heterocycles. The molecule has 2 aromatic rings. The van der Waals surface area contributed by atoms with Crippen molar-refractivity contribution >= 4 is 0 Å². The molecule has 0 aromatic heterocycles. The van der Waals surface area contributed by atoms with Gasteiger partial charge >= 0.3 is 0 Å². The first-order valence-electron chi connectivity index (χ1n) is 7.71. The van der Waals surface area contributed by atoms with E-state index in [0.717, 1.165) is 25.1 Å². The van der Waals surface area contributed by atoms with Crippen molar-refractivity contribution < 1.29 is 4.74 Å². The van der Waals surface area contributed by atoms with E-state index in [-0.39, 0.29) is 0 Å². The van der Waals surface area contributed by atoms with E-state index < -0.39 is 0 Å². The minimum Gasteiger partial charge on any atom is -0.492 e. The Morgan fingerprint density at radius 3 is 2.43 bits per heavy atom. The lowest BCUT2D eigenvalue weighted by Gasteiger charge is -2.15. The molecule has 0 heterocycles. The highest BCUT2D eigenvalue weighted by Gasteiger charge is 2.02. The van der Waals surface area contributed by atoms with E-state index in [1.54, 1.807) is 0 Å². The minimum atomic E-state index is 0.363. The number of hydrogen-bond acceptors (Lipinski definition) is 2. The van der Waals surface area contributed by atoms with Crippen molar-refractivity contribution in [3.8, 4) is 5.75 Å². The molecule has 1 atom stereocenters. The molecule has 1 N–H and O–H groups in total. The number of rotatable bonds is 8. The van der Waals surface area contributed by atoms with Crippen molar-refractivity contribution in [2.24, 2.45) is 0 Å². The van der Waals surface area contributed by atoms with E-state index in [4.69, 9.17) is 4.74 Å². The number of hydrogen-bond donors (Lipinski definition) is 1. The van der Waals surface area contributed by atoms with Gasteiger partial charge in [-0.05, 0) is 50.9 Å². The summed E-state index contributed by atoms with van der Waals surface area (Å²) < 4.78 is 5.78. The summed E-state index contributed by atoms with van der Waals surface area (Å²) in [5.74, 6) is 0.943. The molecule has 0 aliphatic carbocycles. The van der Waals surface area contributed by atoms with Crippen LogP contribution in [0.15, 0.2) is 54.6 Å². The number of nitrogens with one attached hydrogen (secondary N) is 1. The molecule has 21 heavy (non-hydrogen) atoms. The fourth-order valence-corrected chi connectivity index (χ4v) is 2.20. The Morgan fingerprint density at radius 2 is 1.71 bits per heavy atom. The topological polar surface area (TPSA) is 21.3 Å². The highest BCUT2D eigenvalue weighted by atomic mass is 16.5. The molecule has 2 heteroatoms. The molecule has 0 bridgehead atoms. The normalized spacial score (nSPS) is 12.1. The zero-order valence-electron chi connectivity index (χ0n) is 13.0. The molecule has 0 radical (unpaired) electrons. The fraction of sp³-hybridized carbons (Fsp3) is 0.368. The van der Waals surface area contributed by atoms with Crippen LogP contribution in [0.2, 0.25) is 0 Å². The Balaban J connectivity index is 1.59. The van der Waals surface area contributed by atoms with E-state index in [2.05, 4.69) is 61.6 Å². The van der Waals surface area contributed by atoms with Crippen molar-refractivity contribution in [3.63, 3.8) is 0 Å². The van der Waals surface area contributed by atoms with Crippen LogP contribution in [0.4, 0.5) is 0 Å². The average Bonchev–Trinajstić information content (AvgIpc) is 2.52. The van der Waals surface area contributed by atoms with Gasteiger partial charge in [-0.1, -0.05) is 48.0 Å². The largest absolute Gasteiger partial charge is 0.492 e. The first kappa shape index (κ1) is 15.6. The molecular weight excluding hydrogens is 258 g/mol. The Bertz CT molecular complexity index is 507. The lowest BCUT2D eigenvalue weighted by Crippen LogP contribution is -2.32. The molecule has 0 aliphatic rings. The van der Waals surface area contributed by atoms with Gasteiger partial charge in [-0.2, -0.15) is 0 Å². The number of benzene rings is 2. The second-order valence-corrected chi connectivity index (χ2v) is 5.57. The predicted molar refractivity (Wildman–Crippen MR) is 88.9 cm³/mol. The highest BCUT2D eigenvalue weighted by molar-refractivity contribution is 5.26. The molecule has 1 unspecified atom stereocenters. The summed E-state index contributed by atoms with van der Waals surface area (Å²) in [5, 5.41) is 3.51. The lowest BCUT2D eigenvalue weighted by atomic mass is 10.1. The first-order chi connectivity index (χ1) is 10.2. The molecule has 0 saturated carbocycles. The van der Waals surface area contributed by atoms with Gasteiger partial charge in [0, 0.05) is 6.04 Å². The quantitative estimate of drug-likeness (QED) is 0.740. The minimum absolute atomic E-state index is 0.363. The molecule has 0 fully saturated rings. The van der Waals surface area contributed by atoms with Gasteiger partial charge in [0.15, 0.2) is 0 Å². The zero-order valence-corrected chi connectivity index (χ0v) is 13.0. The SMILES string of the molecule is Cc1ccc(OCC(C)NCCCc2ccccc2)cc1. The van der Waals surface area contributed by atoms with E-state index in [1.165, 1.54) is 11.1 Å². The van der Waals surface area contributed by atoms with Gasteiger partial charge in [-0.25, -0.2) is 0 Å². The van der Waals surface area contributed by atoms with E-state index in [1.807, 2.05) is 12.1 Å². The summed E-state index contributed by atoms with van der Waals surface area (Å²) in [4.78, 5) is 0. The maximum Gasteiger partial charge on any atom is 0.119 e. The summed E-state index contributed by atoms with van der Waals surface area (Å²) in [7, 11) is 0. The van der Waals surface area contributed by atoms with E-state index >= 15 is 0 Å². The van der Waals surface area contributed by atoms with Crippen molar-refractivity contribution in [1.82, 2.24) is 5.32 Å². The molecule has 2 aromatic carbocycles. The molecule has 2 nitrogen and oxygen atoms in total. The predicted octanol–water partition coefficient (Wildman–Crippen LogP) is 3.98. The third kappa shape index (κ3) is 6.01. The maximum atomic E-state index is 5.78. The Hall–Kier alpha value is -1.80. The molecule has 0 saturated heterocycles. The summed E-state index contributed by atoms with van der Waals surface area (Å²) in [5.41, 5.74) is 2.66. The van der Waals surface area contributed by atoms with Gasteiger partial charge in [0.2, 0.25) is 0 Å². The summed E-state index contributed by atoms with van der Waals surface area (Å²) in [6.45, 7) is 5.97. The van der Waals surface area contributed by atoms with Crippen molar-refractivity contribution in [2.45, 2.75) is 32.7 Å². The monoisotopic (exact) mass is 283 g/mol. The first-order valence-corrected chi connectivity index (χ1v) is 7.71. The lowest BCUT2D eigenvalue weighted by molar-refractivity contribution is 0.273. The van der Waals surface area contributed by atoms with Gasteiger partial charge in [0.25, 0.3) is 0 Å². The smallest absolute Gasteiger partial charge is 0.119 e. The maximum absolute atomic E-state index is 5.78. The third-order valence-corrected chi connectivity index (χ3v) is 3.50. The van der Waals surface area contributed by atoms with Crippen LogP contribution in [0.3, 0.4) is 0 Å². The summed E-state index contributed by atoms with van der Waals surface area (Å²) in [6, 6.07) is 19.2. The Labute approximate surface area is 128 Å². The van der Waals surface area contributed by atoms with Crippen LogP contribution in [0, 0.1) is 6.92 Å². The number of ether oxygens (including phenoxy) is 1. The zero-order chi connectivity index (χ0) is 14.9. The van der Waals surface area contributed by atoms with Crippen LogP contribution < -0.4 is 10.1 Å². The molecular formula is C19H25NO. The summed E-state index contributed by atoms with van der Waals surface area (Å²) >= 11 is 0. The van der Waals surface area contributed by atoms with Crippen LogP contribution in [0.1, 0.15) is 24.5 Å². The Kier molecular flexibility index (Phi) is 6.29. The van der Waals surface area contributed by atoms with E-state index in [0.29, 0.717) is 12.6 Å². The van der Waals surface area contributed by atoms with Crippen LogP contribution >= 0.6 is 0 Å². The molecule has 112 valence electrons.